The van der Waals surface area contributed by atoms with E-state index in [2.05, 4.69) is 5.32 Å². The summed E-state index contributed by atoms with van der Waals surface area (Å²) in [5, 5.41) is 2.87. The maximum Gasteiger partial charge on any atom is 0.132 e. The van der Waals surface area contributed by atoms with Crippen molar-refractivity contribution in [3.63, 3.8) is 0 Å². The second kappa shape index (κ2) is 6.50. The van der Waals surface area contributed by atoms with Crippen LogP contribution in [-0.4, -0.2) is 26.8 Å². The fourth-order valence-electron chi connectivity index (χ4n) is 1.26. The maximum atomic E-state index is 13.1. The van der Waals surface area contributed by atoms with Crippen molar-refractivity contribution in [1.82, 2.24) is 5.32 Å². The molecule has 1 rings (SSSR count). The lowest BCUT2D eigenvalue weighted by Crippen LogP contribution is -2.15. The van der Waals surface area contributed by atoms with Gasteiger partial charge in [0.2, 0.25) is 0 Å². The van der Waals surface area contributed by atoms with Crippen molar-refractivity contribution >= 4 is 0 Å². The van der Waals surface area contributed by atoms with Gasteiger partial charge < -0.3 is 10.1 Å². The van der Waals surface area contributed by atoms with Gasteiger partial charge in [0.25, 0.3) is 0 Å². The topological polar surface area (TPSA) is 21.3 Å². The van der Waals surface area contributed by atoms with Gasteiger partial charge >= 0.3 is 0 Å². The number of halogens is 3. The molecule has 90 valence electrons. The molecule has 0 unspecified atom stereocenters. The van der Waals surface area contributed by atoms with Crippen molar-refractivity contribution in [3.8, 4) is 0 Å². The zero-order valence-corrected chi connectivity index (χ0v) is 9.03. The van der Waals surface area contributed by atoms with Crippen molar-refractivity contribution in [2.45, 2.75) is 6.42 Å². The summed E-state index contributed by atoms with van der Waals surface area (Å²) in [6.45, 7) is 1.36. The highest BCUT2D eigenvalue weighted by Gasteiger charge is 2.10. The number of likely N-dealkylation sites (N-methyl/N-ethyl adjacent to an activating group) is 1. The second-order valence-electron chi connectivity index (χ2n) is 3.31. The molecule has 0 aliphatic heterocycles. The van der Waals surface area contributed by atoms with Gasteiger partial charge in [0.1, 0.15) is 17.5 Å². The van der Waals surface area contributed by atoms with E-state index in [1.165, 1.54) is 0 Å². The van der Waals surface area contributed by atoms with E-state index in [1.54, 1.807) is 7.05 Å². The Labute approximate surface area is 92.4 Å². The SMILES string of the molecule is CNCCOCCc1c(F)cc(F)cc1F. The second-order valence-corrected chi connectivity index (χ2v) is 3.31. The van der Waals surface area contributed by atoms with Crippen LogP contribution in [0.3, 0.4) is 0 Å². The van der Waals surface area contributed by atoms with Crippen LogP contribution in [0.25, 0.3) is 0 Å². The Balaban J connectivity index is 2.47. The molecule has 2 nitrogen and oxygen atoms in total. The minimum absolute atomic E-state index is 0.0989. The third-order valence-corrected chi connectivity index (χ3v) is 2.10. The highest BCUT2D eigenvalue weighted by atomic mass is 19.1. The molecular weight excluding hydrogens is 219 g/mol. The van der Waals surface area contributed by atoms with Crippen LogP contribution in [0.1, 0.15) is 5.56 Å². The molecule has 0 aliphatic rings. The lowest BCUT2D eigenvalue weighted by Gasteiger charge is -2.06. The summed E-state index contributed by atoms with van der Waals surface area (Å²) in [6.07, 6.45) is 0.0989. The van der Waals surface area contributed by atoms with Crippen LogP contribution >= 0.6 is 0 Å². The van der Waals surface area contributed by atoms with Gasteiger partial charge in [-0.3, -0.25) is 0 Å². The summed E-state index contributed by atoms with van der Waals surface area (Å²) in [5.74, 6) is -2.64. The summed E-state index contributed by atoms with van der Waals surface area (Å²) >= 11 is 0. The quantitative estimate of drug-likeness (QED) is 0.757. The van der Waals surface area contributed by atoms with Crippen LogP contribution in [-0.2, 0) is 11.2 Å². The summed E-state index contributed by atoms with van der Waals surface area (Å²) in [6, 6.07) is 1.35. The van der Waals surface area contributed by atoms with Crippen LogP contribution in [0.15, 0.2) is 12.1 Å². The molecule has 16 heavy (non-hydrogen) atoms. The van der Waals surface area contributed by atoms with Crippen LogP contribution in [0.2, 0.25) is 0 Å². The Kier molecular flexibility index (Phi) is 5.28. The number of hydrogen-bond acceptors (Lipinski definition) is 2. The number of benzene rings is 1. The van der Waals surface area contributed by atoms with Crippen molar-refractivity contribution in [1.29, 1.82) is 0 Å². The Hall–Kier alpha value is -1.07. The van der Waals surface area contributed by atoms with Gasteiger partial charge in [0.15, 0.2) is 0 Å². The summed E-state index contributed by atoms with van der Waals surface area (Å²) < 4.78 is 44.0. The first-order valence-corrected chi connectivity index (χ1v) is 5.01. The number of hydrogen-bond donors (Lipinski definition) is 1. The van der Waals surface area contributed by atoms with Gasteiger partial charge in [-0.2, -0.15) is 0 Å². The van der Waals surface area contributed by atoms with Crippen molar-refractivity contribution in [2.24, 2.45) is 0 Å². The van der Waals surface area contributed by atoms with Crippen LogP contribution < -0.4 is 5.32 Å². The Morgan fingerprint density at radius 3 is 2.31 bits per heavy atom. The third kappa shape index (κ3) is 3.83. The van der Waals surface area contributed by atoms with Crippen molar-refractivity contribution < 1.29 is 17.9 Å². The monoisotopic (exact) mass is 233 g/mol. The molecule has 0 saturated carbocycles. The van der Waals surface area contributed by atoms with E-state index >= 15 is 0 Å². The molecule has 0 aromatic heterocycles. The summed E-state index contributed by atoms with van der Waals surface area (Å²) in [4.78, 5) is 0. The largest absolute Gasteiger partial charge is 0.380 e. The molecule has 0 spiro atoms. The fourth-order valence-corrected chi connectivity index (χ4v) is 1.26. The van der Waals surface area contributed by atoms with Crippen molar-refractivity contribution in [2.75, 3.05) is 26.8 Å². The zero-order valence-electron chi connectivity index (χ0n) is 9.03. The smallest absolute Gasteiger partial charge is 0.132 e. The molecule has 0 atom stereocenters. The molecule has 0 saturated heterocycles. The standard InChI is InChI=1S/C11H14F3NO/c1-15-3-5-16-4-2-9-10(13)6-8(12)7-11(9)14/h6-7,15H,2-5H2,1H3. The lowest BCUT2D eigenvalue weighted by molar-refractivity contribution is 0.139. The van der Waals surface area contributed by atoms with Gasteiger partial charge in [0.05, 0.1) is 13.2 Å². The maximum absolute atomic E-state index is 13.1. The van der Waals surface area contributed by atoms with Crippen LogP contribution in [0.4, 0.5) is 13.2 Å². The van der Waals surface area contributed by atoms with Crippen LogP contribution in [0.5, 0.6) is 0 Å². The molecule has 1 N–H and O–H groups in total. The van der Waals surface area contributed by atoms with E-state index < -0.39 is 17.5 Å². The molecule has 0 aliphatic carbocycles. The zero-order chi connectivity index (χ0) is 12.0. The third-order valence-electron chi connectivity index (χ3n) is 2.10. The van der Waals surface area contributed by atoms with Gasteiger partial charge in [-0.05, 0) is 7.05 Å². The van der Waals surface area contributed by atoms with E-state index in [-0.39, 0.29) is 18.6 Å². The number of nitrogens with one attached hydrogen (secondary N) is 1. The molecule has 0 radical (unpaired) electrons. The number of rotatable bonds is 6. The summed E-state index contributed by atoms with van der Waals surface area (Å²) in [5.41, 5.74) is -0.133. The van der Waals surface area contributed by atoms with Gasteiger partial charge in [0, 0.05) is 30.7 Å². The summed E-state index contributed by atoms with van der Waals surface area (Å²) in [7, 11) is 1.78. The average Bonchev–Trinajstić information content (AvgIpc) is 2.20. The predicted molar refractivity (Wildman–Crippen MR) is 54.8 cm³/mol. The molecule has 0 fully saturated rings. The van der Waals surface area contributed by atoms with E-state index in [4.69, 9.17) is 4.74 Å². The molecule has 1 aromatic carbocycles. The van der Waals surface area contributed by atoms with Gasteiger partial charge in [-0.25, -0.2) is 13.2 Å². The molecular formula is C11H14F3NO. The molecule has 1 aromatic rings. The first kappa shape index (κ1) is 13.0. The van der Waals surface area contributed by atoms with Gasteiger partial charge in [-0.15, -0.1) is 0 Å². The van der Waals surface area contributed by atoms with E-state index in [0.717, 1.165) is 0 Å². The van der Waals surface area contributed by atoms with Crippen molar-refractivity contribution in [3.05, 3.63) is 35.1 Å². The Bertz CT molecular complexity index is 321. The Morgan fingerprint density at radius 1 is 1.12 bits per heavy atom. The lowest BCUT2D eigenvalue weighted by atomic mass is 10.1. The first-order chi connectivity index (χ1) is 7.65. The van der Waals surface area contributed by atoms with E-state index in [1.807, 2.05) is 0 Å². The fraction of sp³-hybridized carbons (Fsp3) is 0.455. The first-order valence-electron chi connectivity index (χ1n) is 5.01. The van der Waals surface area contributed by atoms with E-state index in [0.29, 0.717) is 25.3 Å². The highest BCUT2D eigenvalue weighted by Crippen LogP contribution is 2.15. The number of ether oxygens (including phenoxy) is 1. The van der Waals surface area contributed by atoms with E-state index in [9.17, 15) is 13.2 Å². The minimum Gasteiger partial charge on any atom is -0.380 e. The Morgan fingerprint density at radius 2 is 1.75 bits per heavy atom. The molecule has 0 amide bonds. The van der Waals surface area contributed by atoms with Gasteiger partial charge in [-0.1, -0.05) is 0 Å². The molecule has 0 heterocycles. The predicted octanol–water partition coefficient (Wildman–Crippen LogP) is 1.88. The minimum atomic E-state index is -0.908. The highest BCUT2D eigenvalue weighted by molar-refractivity contribution is 5.20. The average molecular weight is 233 g/mol. The molecule has 5 heteroatoms. The normalized spacial score (nSPS) is 10.8. The molecule has 0 bridgehead atoms. The van der Waals surface area contributed by atoms with Crippen LogP contribution in [0, 0.1) is 17.5 Å².